The summed E-state index contributed by atoms with van der Waals surface area (Å²) in [6, 6.07) is 8.02. The number of carbonyl (C=O) groups is 2. The van der Waals surface area contributed by atoms with Crippen LogP contribution in [0.3, 0.4) is 0 Å². The van der Waals surface area contributed by atoms with Gasteiger partial charge in [0.1, 0.15) is 0 Å². The zero-order valence-electron chi connectivity index (χ0n) is 13.6. The molecule has 0 aliphatic rings. The molecule has 0 saturated heterocycles. The number of amides is 1. The van der Waals surface area contributed by atoms with Gasteiger partial charge < -0.3 is 10.4 Å². The summed E-state index contributed by atoms with van der Waals surface area (Å²) >= 11 is 0. The van der Waals surface area contributed by atoms with Crippen molar-refractivity contribution in [3.8, 4) is 0 Å². The molecule has 1 aromatic carbocycles. The minimum Gasteiger partial charge on any atom is -0.481 e. The maximum atomic E-state index is 11.8. The average molecular weight is 303 g/mol. The van der Waals surface area contributed by atoms with E-state index in [1.165, 1.54) is 5.56 Å². The third kappa shape index (κ3) is 5.02. The minimum atomic E-state index is -0.865. The first-order valence-corrected chi connectivity index (χ1v) is 7.67. The molecule has 0 spiro atoms. The van der Waals surface area contributed by atoms with Crippen LogP contribution >= 0.6 is 0 Å². The Morgan fingerprint density at radius 2 is 1.77 bits per heavy atom. The Kier molecular flexibility index (Phi) is 6.83. The summed E-state index contributed by atoms with van der Waals surface area (Å²) in [5.74, 6) is -1.01. The van der Waals surface area contributed by atoms with Crippen molar-refractivity contribution in [1.29, 1.82) is 0 Å². The predicted octanol–water partition coefficient (Wildman–Crippen LogP) is 3.41. The van der Waals surface area contributed by atoms with E-state index in [1.807, 2.05) is 51.1 Å². The lowest BCUT2D eigenvalue weighted by Crippen LogP contribution is -2.42. The highest BCUT2D eigenvalue weighted by atomic mass is 16.4. The van der Waals surface area contributed by atoms with Crippen molar-refractivity contribution in [2.45, 2.75) is 40.0 Å². The van der Waals surface area contributed by atoms with Gasteiger partial charge >= 0.3 is 5.97 Å². The van der Waals surface area contributed by atoms with E-state index in [0.29, 0.717) is 12.8 Å². The van der Waals surface area contributed by atoms with Gasteiger partial charge in [-0.2, -0.15) is 0 Å². The van der Waals surface area contributed by atoms with Crippen molar-refractivity contribution in [3.63, 3.8) is 0 Å². The monoisotopic (exact) mass is 303 g/mol. The van der Waals surface area contributed by atoms with Crippen LogP contribution in [0.4, 0.5) is 0 Å². The van der Waals surface area contributed by atoms with E-state index in [1.54, 1.807) is 6.08 Å². The van der Waals surface area contributed by atoms with Crippen molar-refractivity contribution in [2.24, 2.45) is 5.41 Å². The second-order valence-electron chi connectivity index (χ2n) is 5.59. The molecule has 0 bridgehead atoms. The predicted molar refractivity (Wildman–Crippen MR) is 88.5 cm³/mol. The van der Waals surface area contributed by atoms with Crippen LogP contribution in [-0.4, -0.2) is 23.5 Å². The molecule has 0 aromatic heterocycles. The van der Waals surface area contributed by atoms with Crippen LogP contribution in [0, 0.1) is 12.3 Å². The summed E-state index contributed by atoms with van der Waals surface area (Å²) < 4.78 is 0. The van der Waals surface area contributed by atoms with Crippen molar-refractivity contribution in [2.75, 3.05) is 6.54 Å². The number of aliphatic carboxylic acids is 1. The second-order valence-corrected chi connectivity index (χ2v) is 5.59. The molecule has 1 amide bonds. The summed E-state index contributed by atoms with van der Waals surface area (Å²) in [6.07, 6.45) is 4.93. The van der Waals surface area contributed by atoms with Crippen LogP contribution in [0.25, 0.3) is 6.08 Å². The Balaban J connectivity index is 2.49. The molecule has 120 valence electrons. The van der Waals surface area contributed by atoms with Crippen molar-refractivity contribution in [3.05, 3.63) is 41.5 Å². The molecule has 1 rings (SSSR count). The first-order valence-electron chi connectivity index (χ1n) is 7.67. The number of carboxylic acids is 1. The fourth-order valence-electron chi connectivity index (χ4n) is 2.20. The summed E-state index contributed by atoms with van der Waals surface area (Å²) in [4.78, 5) is 23.2. The second kappa shape index (κ2) is 8.37. The van der Waals surface area contributed by atoms with Gasteiger partial charge in [-0.05, 0) is 25.3 Å². The first-order chi connectivity index (χ1) is 10.4. The zero-order chi connectivity index (χ0) is 16.6. The summed E-state index contributed by atoms with van der Waals surface area (Å²) in [5, 5.41) is 12.0. The van der Waals surface area contributed by atoms with Gasteiger partial charge in [-0.3, -0.25) is 9.59 Å². The SMILES string of the molecule is CCC(CC)(CNC(=O)C/C=C/c1ccc(C)cc1)C(=O)O. The highest BCUT2D eigenvalue weighted by Crippen LogP contribution is 2.25. The van der Waals surface area contributed by atoms with E-state index < -0.39 is 11.4 Å². The van der Waals surface area contributed by atoms with Gasteiger partial charge in [-0.1, -0.05) is 55.8 Å². The molecule has 1 aromatic rings. The average Bonchev–Trinajstić information content (AvgIpc) is 2.50. The van der Waals surface area contributed by atoms with Crippen LogP contribution in [0.15, 0.2) is 30.3 Å². The molecule has 2 N–H and O–H groups in total. The number of rotatable bonds is 8. The fourth-order valence-corrected chi connectivity index (χ4v) is 2.20. The highest BCUT2D eigenvalue weighted by molar-refractivity contribution is 5.80. The van der Waals surface area contributed by atoms with E-state index in [0.717, 1.165) is 5.56 Å². The number of hydrogen-bond donors (Lipinski definition) is 2. The lowest BCUT2D eigenvalue weighted by atomic mass is 9.82. The molecule has 4 heteroatoms. The molecule has 0 saturated carbocycles. The van der Waals surface area contributed by atoms with Gasteiger partial charge in [-0.15, -0.1) is 0 Å². The Morgan fingerprint density at radius 1 is 1.18 bits per heavy atom. The molecule has 0 heterocycles. The summed E-state index contributed by atoms with van der Waals surface area (Å²) in [5.41, 5.74) is 1.37. The first kappa shape index (κ1) is 18.0. The largest absolute Gasteiger partial charge is 0.481 e. The Labute approximate surface area is 132 Å². The van der Waals surface area contributed by atoms with Gasteiger partial charge in [0, 0.05) is 13.0 Å². The maximum absolute atomic E-state index is 11.8. The number of aryl methyl sites for hydroxylation is 1. The van der Waals surface area contributed by atoms with E-state index >= 15 is 0 Å². The molecule has 0 unspecified atom stereocenters. The van der Waals surface area contributed by atoms with Crippen LogP contribution in [0.1, 0.15) is 44.2 Å². The third-order valence-corrected chi connectivity index (χ3v) is 4.12. The summed E-state index contributed by atoms with van der Waals surface area (Å²) in [7, 11) is 0. The zero-order valence-corrected chi connectivity index (χ0v) is 13.6. The molecule has 0 fully saturated rings. The standard InChI is InChI=1S/C18H25NO3/c1-4-18(5-2,17(21)22)13-19-16(20)8-6-7-15-11-9-14(3)10-12-15/h6-7,9-12H,4-5,8,13H2,1-3H3,(H,19,20)(H,21,22)/b7-6+. The van der Waals surface area contributed by atoms with E-state index in [4.69, 9.17) is 0 Å². The minimum absolute atomic E-state index is 0.157. The third-order valence-electron chi connectivity index (χ3n) is 4.12. The van der Waals surface area contributed by atoms with Crippen molar-refractivity contribution in [1.82, 2.24) is 5.32 Å². The number of benzene rings is 1. The van der Waals surface area contributed by atoms with Gasteiger partial charge in [0.25, 0.3) is 0 Å². The lowest BCUT2D eigenvalue weighted by Gasteiger charge is -2.26. The number of nitrogens with one attached hydrogen (secondary N) is 1. The number of carbonyl (C=O) groups excluding carboxylic acids is 1. The quantitative estimate of drug-likeness (QED) is 0.773. The Morgan fingerprint density at radius 3 is 2.27 bits per heavy atom. The van der Waals surface area contributed by atoms with Crippen molar-refractivity contribution < 1.29 is 14.7 Å². The fraction of sp³-hybridized carbons (Fsp3) is 0.444. The topological polar surface area (TPSA) is 66.4 Å². The normalized spacial score (nSPS) is 11.6. The Bertz CT molecular complexity index is 528. The van der Waals surface area contributed by atoms with Gasteiger partial charge in [0.15, 0.2) is 0 Å². The van der Waals surface area contributed by atoms with Crippen LogP contribution in [0.2, 0.25) is 0 Å². The van der Waals surface area contributed by atoms with Crippen LogP contribution in [0.5, 0.6) is 0 Å². The molecule has 0 aliphatic carbocycles. The van der Waals surface area contributed by atoms with Gasteiger partial charge in [0.05, 0.1) is 5.41 Å². The molecule has 0 radical (unpaired) electrons. The molecular weight excluding hydrogens is 278 g/mol. The highest BCUT2D eigenvalue weighted by Gasteiger charge is 2.34. The van der Waals surface area contributed by atoms with Crippen LogP contribution in [-0.2, 0) is 9.59 Å². The number of hydrogen-bond acceptors (Lipinski definition) is 2. The summed E-state index contributed by atoms with van der Waals surface area (Å²) in [6.45, 7) is 5.87. The molecule has 22 heavy (non-hydrogen) atoms. The maximum Gasteiger partial charge on any atom is 0.311 e. The van der Waals surface area contributed by atoms with Crippen molar-refractivity contribution >= 4 is 18.0 Å². The Hall–Kier alpha value is -2.10. The molecule has 0 atom stereocenters. The van der Waals surface area contributed by atoms with E-state index in [2.05, 4.69) is 5.32 Å². The lowest BCUT2D eigenvalue weighted by molar-refractivity contribution is -0.149. The molecular formula is C18H25NO3. The smallest absolute Gasteiger partial charge is 0.311 e. The molecule has 4 nitrogen and oxygen atoms in total. The van der Waals surface area contributed by atoms with Crippen LogP contribution < -0.4 is 5.32 Å². The van der Waals surface area contributed by atoms with E-state index in [9.17, 15) is 14.7 Å². The van der Waals surface area contributed by atoms with Gasteiger partial charge in [0.2, 0.25) is 5.91 Å². The van der Waals surface area contributed by atoms with Gasteiger partial charge in [-0.25, -0.2) is 0 Å². The van der Waals surface area contributed by atoms with E-state index in [-0.39, 0.29) is 18.9 Å². The number of carboxylic acid groups (broad SMARTS) is 1. The molecule has 0 aliphatic heterocycles.